The van der Waals surface area contributed by atoms with Gasteiger partial charge in [-0.3, -0.25) is 9.69 Å². The van der Waals surface area contributed by atoms with Crippen molar-refractivity contribution in [3.63, 3.8) is 0 Å². The van der Waals surface area contributed by atoms with Gasteiger partial charge in [0.25, 0.3) is 0 Å². The van der Waals surface area contributed by atoms with Crippen LogP contribution in [0.15, 0.2) is 42.5 Å². The van der Waals surface area contributed by atoms with Gasteiger partial charge in [-0.15, -0.1) is 0 Å². The summed E-state index contributed by atoms with van der Waals surface area (Å²) in [6, 6.07) is 11.3. The Hall–Kier alpha value is -2.80. The van der Waals surface area contributed by atoms with Gasteiger partial charge in [0.05, 0.1) is 12.2 Å². The first-order valence-corrected chi connectivity index (χ1v) is 10.8. The summed E-state index contributed by atoms with van der Waals surface area (Å²) >= 11 is 6.13. The van der Waals surface area contributed by atoms with Crippen LogP contribution in [0.25, 0.3) is 0 Å². The second kappa shape index (κ2) is 9.14. The van der Waals surface area contributed by atoms with Crippen molar-refractivity contribution in [2.45, 2.75) is 32.4 Å². The Bertz CT molecular complexity index is 961. The lowest BCUT2D eigenvalue weighted by atomic mass is 9.96. The van der Waals surface area contributed by atoms with Crippen molar-refractivity contribution >= 4 is 29.2 Å². The van der Waals surface area contributed by atoms with Crippen LogP contribution in [0.3, 0.4) is 0 Å². The molecule has 1 N–H and O–H groups in total. The average molecular weight is 446 g/mol. The van der Waals surface area contributed by atoms with Crippen molar-refractivity contribution in [2.75, 3.05) is 24.5 Å². The van der Waals surface area contributed by atoms with Crippen LogP contribution in [-0.2, 0) is 11.3 Å². The zero-order valence-electron chi connectivity index (χ0n) is 17.3. The first kappa shape index (κ1) is 21.4. The molecular formula is C23H25ClFN3O3. The molecule has 0 spiro atoms. The summed E-state index contributed by atoms with van der Waals surface area (Å²) in [6.45, 7) is 3.76. The highest BCUT2D eigenvalue weighted by Gasteiger charge is 2.34. The third kappa shape index (κ3) is 4.93. The second-order valence-corrected chi connectivity index (χ2v) is 8.48. The van der Waals surface area contributed by atoms with Crippen molar-refractivity contribution in [1.29, 1.82) is 0 Å². The van der Waals surface area contributed by atoms with Crippen molar-refractivity contribution in [3.05, 3.63) is 58.9 Å². The number of likely N-dealkylation sites (tertiary alicyclic amines) is 1. The van der Waals surface area contributed by atoms with E-state index in [1.165, 1.54) is 12.1 Å². The van der Waals surface area contributed by atoms with Gasteiger partial charge < -0.3 is 15.0 Å². The van der Waals surface area contributed by atoms with Gasteiger partial charge in [0.15, 0.2) is 0 Å². The van der Waals surface area contributed by atoms with E-state index in [4.69, 9.17) is 16.3 Å². The molecule has 1 fully saturated rings. The Kier molecular flexibility index (Phi) is 6.32. The molecular weight excluding hydrogens is 421 g/mol. The molecule has 1 atom stereocenters. The molecule has 1 unspecified atom stereocenters. The van der Waals surface area contributed by atoms with Crippen LogP contribution in [0.5, 0.6) is 5.75 Å². The molecule has 2 aromatic carbocycles. The van der Waals surface area contributed by atoms with Gasteiger partial charge >= 0.3 is 6.03 Å². The van der Waals surface area contributed by atoms with Crippen molar-refractivity contribution in [1.82, 2.24) is 10.2 Å². The van der Waals surface area contributed by atoms with Crippen LogP contribution in [0.4, 0.5) is 14.9 Å². The minimum Gasteiger partial charge on any atom is -0.487 e. The lowest BCUT2D eigenvalue weighted by molar-refractivity contribution is -0.126. The molecule has 2 aromatic rings. The molecule has 6 nitrogen and oxygen atoms in total. The van der Waals surface area contributed by atoms with Crippen molar-refractivity contribution in [3.8, 4) is 5.75 Å². The molecule has 2 aliphatic rings. The van der Waals surface area contributed by atoms with Crippen molar-refractivity contribution < 1.29 is 18.7 Å². The number of nitrogens with zero attached hydrogens (tertiary/aromatic N) is 2. The Balaban J connectivity index is 1.33. The van der Waals surface area contributed by atoms with Gasteiger partial charge in [-0.25, -0.2) is 9.18 Å². The molecule has 4 rings (SSSR count). The van der Waals surface area contributed by atoms with Gasteiger partial charge in [-0.05, 0) is 55.7 Å². The van der Waals surface area contributed by atoms with Gasteiger partial charge in [0.1, 0.15) is 17.7 Å². The SMILES string of the molecule is CC1CN(C(=O)N2CCC(C(=O)NCc3ccc(F)cc3)CC2)c2cc(Cl)ccc2O1. The topological polar surface area (TPSA) is 61.9 Å². The van der Waals surface area contributed by atoms with E-state index in [2.05, 4.69) is 5.32 Å². The predicted molar refractivity (Wildman–Crippen MR) is 117 cm³/mol. The molecule has 8 heteroatoms. The molecule has 0 bridgehead atoms. The summed E-state index contributed by atoms with van der Waals surface area (Å²) in [5, 5.41) is 3.46. The summed E-state index contributed by atoms with van der Waals surface area (Å²) in [4.78, 5) is 29.2. The Morgan fingerprint density at radius 1 is 1.16 bits per heavy atom. The molecule has 2 heterocycles. The van der Waals surface area contributed by atoms with Crippen LogP contribution in [0.2, 0.25) is 5.02 Å². The smallest absolute Gasteiger partial charge is 0.324 e. The first-order chi connectivity index (χ1) is 14.9. The number of ether oxygens (including phenoxy) is 1. The van der Waals surface area contributed by atoms with Crippen LogP contribution in [-0.4, -0.2) is 42.6 Å². The number of amides is 3. The molecule has 164 valence electrons. The maximum absolute atomic E-state index is 13.2. The summed E-state index contributed by atoms with van der Waals surface area (Å²) in [7, 11) is 0. The number of carbonyl (C=O) groups is 2. The summed E-state index contributed by atoms with van der Waals surface area (Å²) in [5.41, 5.74) is 1.52. The summed E-state index contributed by atoms with van der Waals surface area (Å²) < 4.78 is 18.8. The van der Waals surface area contributed by atoms with E-state index in [1.54, 1.807) is 40.1 Å². The predicted octanol–water partition coefficient (Wildman–Crippen LogP) is 4.21. The minimum atomic E-state index is -0.299. The number of piperidine rings is 1. The fraction of sp³-hybridized carbons (Fsp3) is 0.391. The molecule has 2 aliphatic heterocycles. The number of urea groups is 1. The number of benzene rings is 2. The summed E-state index contributed by atoms with van der Waals surface area (Å²) in [6.07, 6.45) is 1.08. The third-order valence-corrected chi connectivity index (χ3v) is 5.96. The van der Waals surface area contributed by atoms with E-state index >= 15 is 0 Å². The van der Waals surface area contributed by atoms with E-state index in [-0.39, 0.29) is 29.8 Å². The zero-order valence-corrected chi connectivity index (χ0v) is 18.1. The molecule has 31 heavy (non-hydrogen) atoms. The first-order valence-electron chi connectivity index (χ1n) is 10.5. The highest BCUT2D eigenvalue weighted by atomic mass is 35.5. The van der Waals surface area contributed by atoms with E-state index in [0.717, 1.165) is 5.56 Å². The maximum Gasteiger partial charge on any atom is 0.324 e. The normalized spacial score (nSPS) is 18.9. The standard InChI is InChI=1S/C23H25ClFN3O3/c1-15-14-28(20-12-18(24)4-7-21(20)31-15)23(30)27-10-8-17(9-11-27)22(29)26-13-16-2-5-19(25)6-3-16/h2-7,12,15,17H,8-11,13-14H2,1H3,(H,26,29). The number of anilines is 1. The highest BCUT2D eigenvalue weighted by Crippen LogP contribution is 2.36. The molecule has 0 saturated carbocycles. The monoisotopic (exact) mass is 445 g/mol. The fourth-order valence-corrected chi connectivity index (χ4v) is 4.20. The number of nitrogens with one attached hydrogen (secondary N) is 1. The van der Waals surface area contributed by atoms with Crippen LogP contribution < -0.4 is 15.0 Å². The van der Waals surface area contributed by atoms with Crippen LogP contribution in [0, 0.1) is 11.7 Å². The Labute approximate surface area is 185 Å². The third-order valence-electron chi connectivity index (χ3n) is 5.73. The lowest BCUT2D eigenvalue weighted by Gasteiger charge is -2.39. The number of fused-ring (bicyclic) bond motifs is 1. The zero-order chi connectivity index (χ0) is 22.0. The molecule has 3 amide bonds. The minimum absolute atomic E-state index is 0.0338. The van der Waals surface area contributed by atoms with Crippen molar-refractivity contribution in [2.24, 2.45) is 5.92 Å². The molecule has 0 radical (unpaired) electrons. The van der Waals surface area contributed by atoms with E-state index < -0.39 is 0 Å². The number of rotatable bonds is 3. The Morgan fingerprint density at radius 3 is 2.58 bits per heavy atom. The van der Waals surface area contributed by atoms with E-state index in [0.29, 0.717) is 55.5 Å². The molecule has 0 aromatic heterocycles. The number of hydrogen-bond acceptors (Lipinski definition) is 3. The Morgan fingerprint density at radius 2 is 1.87 bits per heavy atom. The largest absolute Gasteiger partial charge is 0.487 e. The van der Waals surface area contributed by atoms with E-state index in [1.807, 2.05) is 6.92 Å². The molecule has 0 aliphatic carbocycles. The number of carbonyl (C=O) groups excluding carboxylic acids is 2. The molecule has 1 saturated heterocycles. The van der Waals surface area contributed by atoms with Crippen LogP contribution in [0.1, 0.15) is 25.3 Å². The quantitative estimate of drug-likeness (QED) is 0.769. The number of hydrogen-bond donors (Lipinski definition) is 1. The van der Waals surface area contributed by atoms with Gasteiger partial charge in [-0.1, -0.05) is 23.7 Å². The average Bonchev–Trinajstić information content (AvgIpc) is 2.78. The van der Waals surface area contributed by atoms with Gasteiger partial charge in [0, 0.05) is 30.6 Å². The maximum atomic E-state index is 13.2. The lowest BCUT2D eigenvalue weighted by Crippen LogP contribution is -2.52. The second-order valence-electron chi connectivity index (χ2n) is 8.04. The fourth-order valence-electron chi connectivity index (χ4n) is 4.03. The van der Waals surface area contributed by atoms with Gasteiger partial charge in [0.2, 0.25) is 5.91 Å². The van der Waals surface area contributed by atoms with E-state index in [9.17, 15) is 14.0 Å². The van der Waals surface area contributed by atoms with Gasteiger partial charge in [-0.2, -0.15) is 0 Å². The summed E-state index contributed by atoms with van der Waals surface area (Å²) in [5.74, 6) is 0.168. The highest BCUT2D eigenvalue weighted by molar-refractivity contribution is 6.31. The number of halogens is 2. The van der Waals surface area contributed by atoms with Crippen LogP contribution >= 0.6 is 11.6 Å².